The van der Waals surface area contributed by atoms with E-state index in [1.54, 1.807) is 4.90 Å². The first-order valence-electron chi connectivity index (χ1n) is 13.7. The first-order chi connectivity index (χ1) is 19.2. The van der Waals surface area contributed by atoms with E-state index in [-0.39, 0.29) is 37.6 Å². The summed E-state index contributed by atoms with van der Waals surface area (Å²) >= 11 is 0. The van der Waals surface area contributed by atoms with Crippen molar-refractivity contribution in [2.75, 3.05) is 6.79 Å². The summed E-state index contributed by atoms with van der Waals surface area (Å²) in [5.74, 6) is 1.08. The maximum atomic E-state index is 14.2. The SMILES string of the molecule is O=C(NC1CCCCC1)[C@H](c1ccccc1)N(Cc1ccc2c(c1)OCO2)C(=O)Cc1c[nH]c2ccccc12. The standard InChI is InChI=1S/C32H33N3O4/c36-30(18-24-19-33-27-14-8-7-13-26(24)27)35(20-22-15-16-28-29(17-22)39-21-38-28)31(23-9-3-1-4-10-23)32(37)34-25-11-5-2-6-12-25/h1,3-4,7-10,13-17,19,25,31,33H,2,5-6,11-12,18,20-21H2,(H,34,37)/t31-/m0/s1. The number of hydrogen-bond acceptors (Lipinski definition) is 4. The zero-order chi connectivity index (χ0) is 26.6. The first-order valence-corrected chi connectivity index (χ1v) is 13.7. The fourth-order valence-corrected chi connectivity index (χ4v) is 5.74. The Morgan fingerprint density at radius 2 is 1.69 bits per heavy atom. The summed E-state index contributed by atoms with van der Waals surface area (Å²) in [5, 5.41) is 4.30. The molecule has 0 unspecified atom stereocenters. The molecular formula is C32H33N3O4. The van der Waals surface area contributed by atoms with Gasteiger partial charge in [-0.1, -0.05) is 73.9 Å². The summed E-state index contributed by atoms with van der Waals surface area (Å²) in [7, 11) is 0. The minimum absolute atomic E-state index is 0.120. The van der Waals surface area contributed by atoms with Crippen molar-refractivity contribution < 1.29 is 19.1 Å². The minimum atomic E-state index is -0.767. The molecule has 2 heterocycles. The lowest BCUT2D eigenvalue weighted by Gasteiger charge is -2.33. The van der Waals surface area contributed by atoms with Crippen molar-refractivity contribution in [3.63, 3.8) is 0 Å². The van der Waals surface area contributed by atoms with Crippen molar-refractivity contribution in [2.45, 2.75) is 57.2 Å². The molecule has 2 N–H and O–H groups in total. The van der Waals surface area contributed by atoms with Crippen LogP contribution in [0, 0.1) is 0 Å². The van der Waals surface area contributed by atoms with Crippen LogP contribution in [0.1, 0.15) is 54.8 Å². The Bertz CT molecular complexity index is 1460. The highest BCUT2D eigenvalue weighted by Crippen LogP contribution is 2.34. The lowest BCUT2D eigenvalue weighted by Crippen LogP contribution is -2.47. The lowest BCUT2D eigenvalue weighted by atomic mass is 9.94. The van der Waals surface area contributed by atoms with Crippen LogP contribution in [0.5, 0.6) is 11.5 Å². The van der Waals surface area contributed by atoms with Gasteiger partial charge in [0.2, 0.25) is 18.6 Å². The van der Waals surface area contributed by atoms with Gasteiger partial charge in [-0.05, 0) is 47.7 Å². The van der Waals surface area contributed by atoms with E-state index in [0.29, 0.717) is 11.5 Å². The van der Waals surface area contributed by atoms with Gasteiger partial charge in [0.1, 0.15) is 6.04 Å². The number of para-hydroxylation sites is 1. The van der Waals surface area contributed by atoms with Crippen molar-refractivity contribution in [3.8, 4) is 11.5 Å². The molecule has 1 fully saturated rings. The molecule has 7 nitrogen and oxygen atoms in total. The topological polar surface area (TPSA) is 83.7 Å². The molecule has 2 amide bonds. The molecule has 4 aromatic rings. The van der Waals surface area contributed by atoms with Gasteiger partial charge in [0.05, 0.1) is 6.42 Å². The van der Waals surface area contributed by atoms with Crippen LogP contribution in [0.25, 0.3) is 10.9 Å². The molecule has 1 aliphatic carbocycles. The smallest absolute Gasteiger partial charge is 0.247 e. The molecule has 6 rings (SSSR count). The van der Waals surface area contributed by atoms with E-state index in [1.165, 1.54) is 6.42 Å². The summed E-state index contributed by atoms with van der Waals surface area (Å²) in [5.41, 5.74) is 3.56. The number of nitrogens with one attached hydrogen (secondary N) is 2. The number of ether oxygens (including phenoxy) is 2. The molecule has 0 radical (unpaired) electrons. The minimum Gasteiger partial charge on any atom is -0.454 e. The zero-order valence-corrected chi connectivity index (χ0v) is 21.9. The average Bonchev–Trinajstić information content (AvgIpc) is 3.61. The van der Waals surface area contributed by atoms with Gasteiger partial charge < -0.3 is 24.7 Å². The molecule has 0 bridgehead atoms. The van der Waals surface area contributed by atoms with Crippen LogP contribution in [0.15, 0.2) is 79.0 Å². The predicted octanol–water partition coefficient (Wildman–Crippen LogP) is 5.66. The van der Waals surface area contributed by atoms with Crippen LogP contribution in [-0.4, -0.2) is 34.5 Å². The maximum Gasteiger partial charge on any atom is 0.247 e. The monoisotopic (exact) mass is 523 g/mol. The summed E-state index contributed by atoms with van der Waals surface area (Å²) < 4.78 is 11.1. The summed E-state index contributed by atoms with van der Waals surface area (Å²) in [6.07, 6.45) is 7.43. The number of aromatic amines is 1. The Hall–Kier alpha value is -4.26. The normalized spacial score (nSPS) is 15.7. The number of benzene rings is 3. The second-order valence-electron chi connectivity index (χ2n) is 10.4. The number of H-pyrrole nitrogens is 1. The lowest BCUT2D eigenvalue weighted by molar-refractivity contribution is -0.141. The van der Waals surface area contributed by atoms with Crippen molar-refractivity contribution in [2.24, 2.45) is 0 Å². The zero-order valence-electron chi connectivity index (χ0n) is 21.9. The Kier molecular flexibility index (Phi) is 7.21. The first kappa shape index (κ1) is 25.0. The van der Waals surface area contributed by atoms with E-state index < -0.39 is 6.04 Å². The quantitative estimate of drug-likeness (QED) is 0.312. The Morgan fingerprint density at radius 1 is 0.923 bits per heavy atom. The number of nitrogens with zero attached hydrogens (tertiary/aromatic N) is 1. The molecular weight excluding hydrogens is 490 g/mol. The van der Waals surface area contributed by atoms with Gasteiger partial charge in [-0.15, -0.1) is 0 Å². The van der Waals surface area contributed by atoms with E-state index in [9.17, 15) is 9.59 Å². The molecule has 1 atom stereocenters. The van der Waals surface area contributed by atoms with E-state index in [2.05, 4.69) is 10.3 Å². The van der Waals surface area contributed by atoms with Gasteiger partial charge in [0, 0.05) is 29.7 Å². The molecule has 1 aromatic heterocycles. The number of carbonyl (C=O) groups excluding carboxylic acids is 2. The fourth-order valence-electron chi connectivity index (χ4n) is 5.74. The van der Waals surface area contributed by atoms with Gasteiger partial charge in [0.15, 0.2) is 11.5 Å². The molecule has 7 heteroatoms. The third-order valence-corrected chi connectivity index (χ3v) is 7.75. The van der Waals surface area contributed by atoms with Crippen LogP contribution in [-0.2, 0) is 22.6 Å². The van der Waals surface area contributed by atoms with Gasteiger partial charge in [0.25, 0.3) is 0 Å². The Morgan fingerprint density at radius 3 is 2.54 bits per heavy atom. The third kappa shape index (κ3) is 5.48. The summed E-state index contributed by atoms with van der Waals surface area (Å²) in [6, 6.07) is 22.6. The van der Waals surface area contributed by atoms with Crippen LogP contribution < -0.4 is 14.8 Å². The van der Waals surface area contributed by atoms with Gasteiger partial charge in [-0.25, -0.2) is 0 Å². The molecule has 3 aromatic carbocycles. The Balaban J connectivity index is 1.36. The van der Waals surface area contributed by atoms with Crippen LogP contribution >= 0.6 is 0 Å². The highest BCUT2D eigenvalue weighted by molar-refractivity contribution is 5.92. The molecule has 2 aliphatic rings. The van der Waals surface area contributed by atoms with Crippen LogP contribution in [0.2, 0.25) is 0 Å². The summed E-state index contributed by atoms with van der Waals surface area (Å²) in [4.78, 5) is 33.2. The highest BCUT2D eigenvalue weighted by atomic mass is 16.7. The highest BCUT2D eigenvalue weighted by Gasteiger charge is 2.33. The van der Waals surface area contributed by atoms with E-state index in [4.69, 9.17) is 9.47 Å². The summed E-state index contributed by atoms with van der Waals surface area (Å²) in [6.45, 7) is 0.438. The third-order valence-electron chi connectivity index (χ3n) is 7.75. The van der Waals surface area contributed by atoms with E-state index >= 15 is 0 Å². The molecule has 0 saturated heterocycles. The number of fused-ring (bicyclic) bond motifs is 2. The molecule has 0 spiro atoms. The van der Waals surface area contributed by atoms with Crippen molar-refractivity contribution in [1.82, 2.24) is 15.2 Å². The van der Waals surface area contributed by atoms with Crippen LogP contribution in [0.4, 0.5) is 0 Å². The second kappa shape index (κ2) is 11.2. The average molecular weight is 524 g/mol. The number of hydrogen-bond donors (Lipinski definition) is 2. The van der Waals surface area contributed by atoms with Crippen molar-refractivity contribution in [3.05, 3.63) is 95.7 Å². The molecule has 1 aliphatic heterocycles. The number of amides is 2. The number of carbonyl (C=O) groups is 2. The number of rotatable bonds is 8. The second-order valence-corrected chi connectivity index (χ2v) is 10.4. The largest absolute Gasteiger partial charge is 0.454 e. The maximum absolute atomic E-state index is 14.2. The Labute approximate surface area is 228 Å². The van der Waals surface area contributed by atoms with Gasteiger partial charge >= 0.3 is 0 Å². The molecule has 200 valence electrons. The fraction of sp³-hybridized carbons (Fsp3) is 0.312. The van der Waals surface area contributed by atoms with Crippen molar-refractivity contribution >= 4 is 22.7 Å². The predicted molar refractivity (Wildman–Crippen MR) is 149 cm³/mol. The van der Waals surface area contributed by atoms with Gasteiger partial charge in [-0.2, -0.15) is 0 Å². The van der Waals surface area contributed by atoms with Gasteiger partial charge in [-0.3, -0.25) is 9.59 Å². The molecule has 1 saturated carbocycles. The van der Waals surface area contributed by atoms with E-state index in [0.717, 1.165) is 53.3 Å². The number of aromatic nitrogens is 1. The van der Waals surface area contributed by atoms with Crippen molar-refractivity contribution in [1.29, 1.82) is 0 Å². The van der Waals surface area contributed by atoms with Crippen LogP contribution in [0.3, 0.4) is 0 Å². The van der Waals surface area contributed by atoms with E-state index in [1.807, 2.05) is 79.0 Å². The molecule has 39 heavy (non-hydrogen) atoms.